The fraction of sp³-hybridized carbons (Fsp3) is 0.500. The molecule has 0 atom stereocenters. The third kappa shape index (κ3) is 3.98. The Hall–Kier alpha value is -2.19. The number of hydrogen-bond donors (Lipinski definition) is 1. The Bertz CT molecular complexity index is 960. The Balaban J connectivity index is 1.82. The van der Waals surface area contributed by atoms with Crippen LogP contribution in [0.1, 0.15) is 42.7 Å². The number of nitrogens with one attached hydrogen (secondary N) is 1. The molecule has 0 aliphatic carbocycles. The van der Waals surface area contributed by atoms with E-state index in [1.54, 1.807) is 36.0 Å². The van der Waals surface area contributed by atoms with Gasteiger partial charge >= 0.3 is 0 Å². The highest BCUT2D eigenvalue weighted by Crippen LogP contribution is 2.38. The van der Waals surface area contributed by atoms with Crippen molar-refractivity contribution in [1.82, 2.24) is 20.0 Å². The number of carbonyl (C=O) groups excluding carboxylic acids is 1. The van der Waals surface area contributed by atoms with Gasteiger partial charge in [0.05, 0.1) is 16.3 Å². The second-order valence-electron chi connectivity index (χ2n) is 7.15. The smallest absolute Gasteiger partial charge is 0.272 e. The quantitative estimate of drug-likeness (QED) is 0.729. The van der Waals surface area contributed by atoms with Crippen LogP contribution in [-0.2, 0) is 22.6 Å². The number of hydrogen-bond acceptors (Lipinski definition) is 5. The van der Waals surface area contributed by atoms with Gasteiger partial charge in [-0.2, -0.15) is 5.10 Å². The lowest BCUT2D eigenvalue weighted by molar-refractivity contribution is 0.0942. The number of aromatic nitrogens is 2. The molecule has 0 spiro atoms. The van der Waals surface area contributed by atoms with Gasteiger partial charge in [0.25, 0.3) is 5.91 Å². The van der Waals surface area contributed by atoms with Crippen molar-refractivity contribution >= 4 is 15.7 Å². The molecule has 0 bridgehead atoms. The Morgan fingerprint density at radius 2 is 1.86 bits per heavy atom. The maximum atomic E-state index is 12.7. The van der Waals surface area contributed by atoms with Gasteiger partial charge in [0.1, 0.15) is 0 Å². The lowest BCUT2D eigenvalue weighted by atomic mass is 10.1. The fourth-order valence-corrected chi connectivity index (χ4v) is 5.40. The van der Waals surface area contributed by atoms with Crippen LogP contribution in [0.4, 0.5) is 0 Å². The Labute approximate surface area is 166 Å². The maximum Gasteiger partial charge on any atom is 0.272 e. The Morgan fingerprint density at radius 1 is 1.18 bits per heavy atom. The van der Waals surface area contributed by atoms with Gasteiger partial charge in [-0.3, -0.25) is 9.48 Å². The predicted molar refractivity (Wildman–Crippen MR) is 109 cm³/mol. The van der Waals surface area contributed by atoms with Crippen molar-refractivity contribution in [3.63, 3.8) is 0 Å². The molecule has 1 aromatic heterocycles. The van der Waals surface area contributed by atoms with Crippen LogP contribution < -0.4 is 5.32 Å². The molecule has 1 N–H and O–H groups in total. The molecule has 152 valence electrons. The first-order chi connectivity index (χ1) is 13.4. The van der Waals surface area contributed by atoms with Crippen molar-refractivity contribution < 1.29 is 13.2 Å². The van der Waals surface area contributed by atoms with E-state index in [2.05, 4.69) is 29.2 Å². The predicted octanol–water partition coefficient (Wildman–Crippen LogP) is 2.23. The molecule has 3 rings (SSSR count). The van der Waals surface area contributed by atoms with E-state index in [-0.39, 0.29) is 17.4 Å². The van der Waals surface area contributed by atoms with E-state index >= 15 is 0 Å². The average Bonchev–Trinajstić information content (AvgIpc) is 2.98. The maximum absolute atomic E-state index is 12.7. The number of carbonyl (C=O) groups is 1. The van der Waals surface area contributed by atoms with Gasteiger partial charge in [0.2, 0.25) is 0 Å². The summed E-state index contributed by atoms with van der Waals surface area (Å²) >= 11 is 0. The van der Waals surface area contributed by atoms with E-state index in [9.17, 15) is 13.2 Å². The largest absolute Gasteiger partial charge is 0.349 e. The van der Waals surface area contributed by atoms with Crippen LogP contribution in [0.2, 0.25) is 0 Å². The van der Waals surface area contributed by atoms with Crippen LogP contribution >= 0.6 is 0 Å². The van der Waals surface area contributed by atoms with E-state index in [1.807, 2.05) is 0 Å². The number of aryl methyl sites for hydroxylation is 1. The van der Waals surface area contributed by atoms with Gasteiger partial charge in [-0.25, -0.2) is 8.42 Å². The van der Waals surface area contributed by atoms with Gasteiger partial charge in [-0.15, -0.1) is 0 Å². The van der Waals surface area contributed by atoms with Crippen molar-refractivity contribution in [3.05, 3.63) is 35.5 Å². The van der Waals surface area contributed by atoms with Gasteiger partial charge in [0.15, 0.2) is 15.5 Å². The highest BCUT2D eigenvalue weighted by molar-refractivity contribution is 7.90. The molecule has 0 fully saturated rings. The summed E-state index contributed by atoms with van der Waals surface area (Å²) in [5.74, 6) is -0.521. The van der Waals surface area contributed by atoms with E-state index in [4.69, 9.17) is 0 Å². The monoisotopic (exact) mass is 404 g/mol. The van der Waals surface area contributed by atoms with E-state index in [1.165, 1.54) is 0 Å². The lowest BCUT2D eigenvalue weighted by Gasteiger charge is -2.21. The van der Waals surface area contributed by atoms with E-state index < -0.39 is 9.84 Å². The van der Waals surface area contributed by atoms with Crippen LogP contribution in [0.5, 0.6) is 0 Å². The normalized spacial score (nSPS) is 14.6. The average molecular weight is 405 g/mol. The molecule has 2 aromatic rings. The number of rotatable bonds is 8. The first-order valence-corrected chi connectivity index (χ1v) is 11.4. The number of sulfone groups is 1. The zero-order valence-corrected chi connectivity index (χ0v) is 17.6. The second kappa shape index (κ2) is 8.45. The summed E-state index contributed by atoms with van der Waals surface area (Å²) in [5.41, 5.74) is 2.00. The lowest BCUT2D eigenvalue weighted by Crippen LogP contribution is -2.36. The molecule has 1 aliphatic rings. The molecule has 2 heterocycles. The number of amides is 1. The summed E-state index contributed by atoms with van der Waals surface area (Å²) in [7, 11) is -1.74. The van der Waals surface area contributed by atoms with Crippen molar-refractivity contribution in [2.75, 3.05) is 26.2 Å². The van der Waals surface area contributed by atoms with Crippen LogP contribution in [0.3, 0.4) is 0 Å². The summed E-state index contributed by atoms with van der Waals surface area (Å²) in [4.78, 5) is 15.4. The zero-order chi connectivity index (χ0) is 20.3. The number of benzene rings is 1. The third-order valence-electron chi connectivity index (χ3n) is 4.97. The van der Waals surface area contributed by atoms with Crippen molar-refractivity contribution in [2.24, 2.45) is 7.05 Å². The topological polar surface area (TPSA) is 84.3 Å². The number of fused-ring (bicyclic) bond motifs is 3. The third-order valence-corrected chi connectivity index (χ3v) is 6.66. The summed E-state index contributed by atoms with van der Waals surface area (Å²) in [6.07, 6.45) is 2.14. The first kappa shape index (κ1) is 20.5. The van der Waals surface area contributed by atoms with Gasteiger partial charge in [0, 0.05) is 31.3 Å². The molecule has 0 saturated carbocycles. The summed E-state index contributed by atoms with van der Waals surface area (Å²) in [6, 6.07) is 6.88. The summed E-state index contributed by atoms with van der Waals surface area (Å²) in [5, 5.41) is 7.26. The molecule has 28 heavy (non-hydrogen) atoms. The van der Waals surface area contributed by atoms with Crippen LogP contribution in [-0.4, -0.2) is 55.2 Å². The zero-order valence-electron chi connectivity index (χ0n) is 16.7. The fourth-order valence-electron chi connectivity index (χ4n) is 3.80. The van der Waals surface area contributed by atoms with E-state index in [0.717, 1.165) is 32.5 Å². The first-order valence-electron chi connectivity index (χ1n) is 9.77. The molecular weight excluding hydrogens is 376 g/mol. The van der Waals surface area contributed by atoms with E-state index in [0.29, 0.717) is 28.3 Å². The highest BCUT2D eigenvalue weighted by atomic mass is 32.2. The van der Waals surface area contributed by atoms with Gasteiger partial charge < -0.3 is 10.2 Å². The van der Waals surface area contributed by atoms with Crippen LogP contribution in [0, 0.1) is 0 Å². The summed E-state index contributed by atoms with van der Waals surface area (Å²) in [6.45, 7) is 7.55. The molecule has 1 aromatic carbocycles. The minimum Gasteiger partial charge on any atom is -0.349 e. The molecule has 8 heteroatoms. The van der Waals surface area contributed by atoms with Crippen molar-refractivity contribution in [2.45, 2.75) is 37.3 Å². The molecular formula is C20H28N4O3S. The van der Waals surface area contributed by atoms with Crippen LogP contribution in [0.25, 0.3) is 11.3 Å². The summed E-state index contributed by atoms with van der Waals surface area (Å²) < 4.78 is 27.0. The van der Waals surface area contributed by atoms with Crippen molar-refractivity contribution in [1.29, 1.82) is 0 Å². The molecule has 1 amide bonds. The van der Waals surface area contributed by atoms with Gasteiger partial charge in [-0.05, 0) is 32.0 Å². The molecule has 7 nitrogen and oxygen atoms in total. The second-order valence-corrected chi connectivity index (χ2v) is 9.11. The van der Waals surface area contributed by atoms with Gasteiger partial charge in [-0.1, -0.05) is 32.0 Å². The standard InChI is InChI=1S/C20H28N4O3S/c1-4-11-24(12-5-2)13-10-21-20(25)18-16-14-28(26,27)17-9-7-6-8-15(17)19(16)23(3)22-18/h6-9H,4-5,10-14H2,1-3H3,(H,21,25). The molecule has 0 unspecified atom stereocenters. The molecule has 0 radical (unpaired) electrons. The minimum atomic E-state index is -3.49. The SMILES string of the molecule is CCCN(CCC)CCNC(=O)c1nn(C)c2c1CS(=O)(=O)c1ccccc1-2. The highest BCUT2D eigenvalue weighted by Gasteiger charge is 2.34. The number of nitrogens with zero attached hydrogens (tertiary/aromatic N) is 3. The Kier molecular flexibility index (Phi) is 6.20. The minimum absolute atomic E-state index is 0.201. The Morgan fingerprint density at radius 3 is 2.54 bits per heavy atom. The molecule has 0 saturated heterocycles. The van der Waals surface area contributed by atoms with Crippen molar-refractivity contribution in [3.8, 4) is 11.3 Å². The van der Waals surface area contributed by atoms with Crippen LogP contribution in [0.15, 0.2) is 29.2 Å². The molecule has 1 aliphatic heterocycles.